The van der Waals surface area contributed by atoms with Crippen molar-refractivity contribution in [1.29, 1.82) is 0 Å². The summed E-state index contributed by atoms with van der Waals surface area (Å²) in [6.45, 7) is 10.1. The summed E-state index contributed by atoms with van der Waals surface area (Å²) in [5.41, 5.74) is 8.24. The number of nitrogens with zero attached hydrogens (tertiary/aromatic N) is 5. The molecule has 11 nitrogen and oxygen atoms in total. The van der Waals surface area contributed by atoms with E-state index in [-0.39, 0.29) is 12.5 Å². The zero-order valence-electron chi connectivity index (χ0n) is 25.5. The first-order chi connectivity index (χ1) is 20.6. The van der Waals surface area contributed by atoms with Crippen molar-refractivity contribution in [2.24, 2.45) is 5.73 Å². The minimum Gasteiger partial charge on any atom is -0.495 e. The molecular formula is C32H42N6O5. The molecule has 43 heavy (non-hydrogen) atoms. The monoisotopic (exact) mass is 590 g/mol. The summed E-state index contributed by atoms with van der Waals surface area (Å²) < 4.78 is 11.7. The number of carbonyl (C=O) groups is 3. The molecule has 1 atom stereocenters. The number of anilines is 2. The number of piperazine rings is 2. The highest BCUT2D eigenvalue weighted by Crippen LogP contribution is 2.38. The smallest absolute Gasteiger partial charge is 0.259 e. The lowest BCUT2D eigenvalue weighted by Gasteiger charge is -2.57. The zero-order valence-corrected chi connectivity index (χ0v) is 25.5. The number of benzene rings is 2. The summed E-state index contributed by atoms with van der Waals surface area (Å²) in [6, 6.07) is 15.8. The van der Waals surface area contributed by atoms with Crippen molar-refractivity contribution in [2.45, 2.75) is 39.1 Å². The van der Waals surface area contributed by atoms with Crippen LogP contribution in [-0.4, -0.2) is 104 Å². The Hall–Kier alpha value is -4.09. The third-order valence-electron chi connectivity index (χ3n) is 8.44. The normalized spacial score (nSPS) is 19.9. The van der Waals surface area contributed by atoms with Crippen molar-refractivity contribution in [3.05, 3.63) is 60.2 Å². The molecule has 2 saturated heterocycles. The SMILES string of the molecule is COc1ccccc1N1CCN(C(CC(N)=O)(N2CCN(c3ccccc3OC(C)C)CC2)N2C(=O)C=C(C)C2=O)CC1. The van der Waals surface area contributed by atoms with E-state index in [4.69, 9.17) is 15.2 Å². The van der Waals surface area contributed by atoms with Gasteiger partial charge in [0, 0.05) is 64.0 Å². The Morgan fingerprint density at radius 1 is 0.837 bits per heavy atom. The van der Waals surface area contributed by atoms with Crippen LogP contribution in [0.5, 0.6) is 11.5 Å². The van der Waals surface area contributed by atoms with Gasteiger partial charge in [0.25, 0.3) is 11.8 Å². The molecule has 2 N–H and O–H groups in total. The second-order valence-corrected chi connectivity index (χ2v) is 11.5. The first-order valence-electron chi connectivity index (χ1n) is 14.9. The van der Waals surface area contributed by atoms with E-state index in [0.29, 0.717) is 57.9 Å². The highest BCUT2D eigenvalue weighted by molar-refractivity contribution is 6.16. The highest BCUT2D eigenvalue weighted by atomic mass is 16.5. The van der Waals surface area contributed by atoms with Gasteiger partial charge in [0.2, 0.25) is 5.91 Å². The molecule has 0 aliphatic carbocycles. The first kappa shape index (κ1) is 30.4. The number of imide groups is 1. The molecule has 0 saturated carbocycles. The third kappa shape index (κ3) is 5.92. The number of rotatable bonds is 10. The van der Waals surface area contributed by atoms with Crippen LogP contribution in [0, 0.1) is 0 Å². The molecule has 0 aromatic heterocycles. The van der Waals surface area contributed by atoms with Crippen LogP contribution in [-0.2, 0) is 14.4 Å². The highest BCUT2D eigenvalue weighted by Gasteiger charge is 2.55. The van der Waals surface area contributed by atoms with Crippen LogP contribution in [0.4, 0.5) is 11.4 Å². The molecule has 0 radical (unpaired) electrons. The maximum Gasteiger partial charge on any atom is 0.259 e. The largest absolute Gasteiger partial charge is 0.495 e. The second kappa shape index (κ2) is 12.6. The van der Waals surface area contributed by atoms with Crippen molar-refractivity contribution in [1.82, 2.24) is 14.7 Å². The Bertz CT molecular complexity index is 1380. The van der Waals surface area contributed by atoms with Gasteiger partial charge >= 0.3 is 0 Å². The predicted octanol–water partition coefficient (Wildman–Crippen LogP) is 2.27. The zero-order chi connectivity index (χ0) is 30.7. The molecular weight excluding hydrogens is 548 g/mol. The molecule has 0 spiro atoms. The van der Waals surface area contributed by atoms with E-state index in [1.54, 1.807) is 14.0 Å². The summed E-state index contributed by atoms with van der Waals surface area (Å²) in [7, 11) is 1.65. The van der Waals surface area contributed by atoms with Gasteiger partial charge in [0.05, 0.1) is 31.0 Å². The van der Waals surface area contributed by atoms with Crippen LogP contribution in [0.1, 0.15) is 27.2 Å². The lowest BCUT2D eigenvalue weighted by Crippen LogP contribution is -2.76. The molecule has 3 amide bonds. The van der Waals surface area contributed by atoms with Gasteiger partial charge in [-0.25, -0.2) is 4.90 Å². The van der Waals surface area contributed by atoms with E-state index in [2.05, 4.69) is 19.6 Å². The summed E-state index contributed by atoms with van der Waals surface area (Å²) in [5, 5.41) is 0. The minimum atomic E-state index is -1.33. The molecule has 3 heterocycles. The summed E-state index contributed by atoms with van der Waals surface area (Å²) in [5.74, 6) is -1.13. The maximum atomic E-state index is 13.6. The number of ether oxygens (including phenoxy) is 2. The van der Waals surface area contributed by atoms with E-state index in [1.165, 1.54) is 11.0 Å². The van der Waals surface area contributed by atoms with Gasteiger partial charge in [-0.1, -0.05) is 24.3 Å². The fraction of sp³-hybridized carbons (Fsp3) is 0.469. The quantitative estimate of drug-likeness (QED) is 0.417. The average molecular weight is 591 g/mol. The lowest BCUT2D eigenvalue weighted by molar-refractivity contribution is -0.189. The Kier molecular flexibility index (Phi) is 8.93. The van der Waals surface area contributed by atoms with Crippen LogP contribution in [0.2, 0.25) is 0 Å². The van der Waals surface area contributed by atoms with Crippen molar-refractivity contribution >= 4 is 29.1 Å². The fourth-order valence-electron chi connectivity index (χ4n) is 6.52. The second-order valence-electron chi connectivity index (χ2n) is 11.5. The molecule has 11 heteroatoms. The number of carbonyl (C=O) groups excluding carboxylic acids is 3. The van der Waals surface area contributed by atoms with Crippen LogP contribution in [0.3, 0.4) is 0 Å². The van der Waals surface area contributed by atoms with Crippen LogP contribution in [0.15, 0.2) is 60.2 Å². The van der Waals surface area contributed by atoms with Crippen LogP contribution >= 0.6 is 0 Å². The summed E-state index contributed by atoms with van der Waals surface area (Å²) in [4.78, 5) is 49.8. The third-order valence-corrected chi connectivity index (χ3v) is 8.44. The molecule has 230 valence electrons. The number of primary amides is 1. The van der Waals surface area contributed by atoms with E-state index in [9.17, 15) is 14.4 Å². The number of amides is 3. The van der Waals surface area contributed by atoms with Gasteiger partial charge in [-0.15, -0.1) is 0 Å². The van der Waals surface area contributed by atoms with E-state index in [0.717, 1.165) is 22.9 Å². The van der Waals surface area contributed by atoms with Crippen molar-refractivity contribution in [3.8, 4) is 11.5 Å². The molecule has 3 aliphatic heterocycles. The average Bonchev–Trinajstić information content (AvgIpc) is 3.26. The maximum absolute atomic E-state index is 13.6. The van der Waals surface area contributed by atoms with Crippen molar-refractivity contribution < 1.29 is 23.9 Å². The number of nitrogens with two attached hydrogens (primary N) is 1. The lowest BCUT2D eigenvalue weighted by atomic mass is 10.0. The van der Waals surface area contributed by atoms with Crippen molar-refractivity contribution in [2.75, 3.05) is 69.3 Å². The van der Waals surface area contributed by atoms with Crippen LogP contribution in [0.25, 0.3) is 0 Å². The van der Waals surface area contributed by atoms with Crippen LogP contribution < -0.4 is 25.0 Å². The molecule has 2 fully saturated rings. The molecule has 3 aliphatic rings. The molecule has 5 rings (SSSR count). The molecule has 2 aromatic carbocycles. The predicted molar refractivity (Wildman–Crippen MR) is 165 cm³/mol. The first-order valence-corrected chi connectivity index (χ1v) is 14.9. The number of hydrogen-bond donors (Lipinski definition) is 1. The van der Waals surface area contributed by atoms with Gasteiger partial charge in [-0.2, -0.15) is 0 Å². The Morgan fingerprint density at radius 3 is 1.77 bits per heavy atom. The molecule has 0 bridgehead atoms. The van der Waals surface area contributed by atoms with Crippen molar-refractivity contribution in [3.63, 3.8) is 0 Å². The molecule has 2 aromatic rings. The standard InChI is InChI=1S/C32H42N6O5/c1-23(2)43-28-12-8-6-10-26(28)35-15-19-37(20-16-35)32(22-29(33)39,38-30(40)21-24(3)31(38)41)36-17-13-34(14-18-36)25-9-5-7-11-27(25)42-4/h5-12,21,23H,13-20,22H2,1-4H3,(H2,33,39). The van der Waals surface area contributed by atoms with E-state index in [1.807, 2.05) is 62.4 Å². The fourth-order valence-corrected chi connectivity index (χ4v) is 6.52. The van der Waals surface area contributed by atoms with Gasteiger partial charge in [-0.3, -0.25) is 24.2 Å². The Labute approximate surface area is 253 Å². The number of para-hydroxylation sites is 4. The van der Waals surface area contributed by atoms with E-state index < -0.39 is 23.5 Å². The summed E-state index contributed by atoms with van der Waals surface area (Å²) in [6.07, 6.45) is 1.20. The number of hydrogen-bond acceptors (Lipinski definition) is 9. The number of methoxy groups -OCH3 is 1. The Morgan fingerprint density at radius 2 is 1.33 bits per heavy atom. The van der Waals surface area contributed by atoms with Gasteiger partial charge in [-0.05, 0) is 45.0 Å². The topological polar surface area (TPSA) is 112 Å². The van der Waals surface area contributed by atoms with Gasteiger partial charge in [0.1, 0.15) is 11.5 Å². The van der Waals surface area contributed by atoms with E-state index >= 15 is 0 Å². The van der Waals surface area contributed by atoms with Gasteiger partial charge in [0.15, 0.2) is 5.79 Å². The minimum absolute atomic E-state index is 0.0307. The Balaban J connectivity index is 1.45. The molecule has 1 unspecified atom stereocenters. The summed E-state index contributed by atoms with van der Waals surface area (Å²) >= 11 is 0. The van der Waals surface area contributed by atoms with Gasteiger partial charge < -0.3 is 25.0 Å².